The van der Waals surface area contributed by atoms with Gasteiger partial charge in [-0.3, -0.25) is 4.79 Å². The number of nitrogens with one attached hydrogen (secondary N) is 1. The number of carbonyl (C=O) groups is 1. The monoisotopic (exact) mass is 358 g/mol. The molecule has 2 atom stereocenters. The Morgan fingerprint density at radius 3 is 2.79 bits per heavy atom. The van der Waals surface area contributed by atoms with Crippen molar-refractivity contribution in [1.82, 2.24) is 9.62 Å². The van der Waals surface area contributed by atoms with E-state index in [1.54, 1.807) is 12.1 Å². The van der Waals surface area contributed by atoms with Crippen LogP contribution in [0.5, 0.6) is 5.75 Å². The van der Waals surface area contributed by atoms with E-state index >= 15 is 0 Å². The van der Waals surface area contributed by atoms with Gasteiger partial charge in [0.05, 0.1) is 18.1 Å². The first-order chi connectivity index (χ1) is 11.2. The molecule has 1 aromatic carbocycles. The number of carbonyl (C=O) groups excluding carboxylic acids is 1. The Bertz CT molecular complexity index is 708. The van der Waals surface area contributed by atoms with Gasteiger partial charge in [0, 0.05) is 32.6 Å². The number of β-amino-alcohol motifs (C(OH)–C–C–N with tert-alkyl or cyclic N) is 1. The van der Waals surface area contributed by atoms with E-state index in [4.69, 9.17) is 4.74 Å². The predicted octanol–water partition coefficient (Wildman–Crippen LogP) is -0.682. The number of amides is 1. The molecule has 8 nitrogen and oxygen atoms in total. The van der Waals surface area contributed by atoms with Gasteiger partial charge in [-0.05, 0) is 18.6 Å². The topological polar surface area (TPSA) is 116 Å². The molecule has 1 saturated heterocycles. The fourth-order valence-electron chi connectivity index (χ4n) is 2.55. The molecule has 0 aliphatic carbocycles. The molecule has 134 valence electrons. The molecule has 1 heterocycles. The summed E-state index contributed by atoms with van der Waals surface area (Å²) in [5.74, 6) is 0.0813. The molecule has 1 aliphatic rings. The van der Waals surface area contributed by atoms with Crippen LogP contribution in [0.2, 0.25) is 0 Å². The second-order valence-electron chi connectivity index (χ2n) is 5.82. The average molecular weight is 358 g/mol. The Morgan fingerprint density at radius 1 is 1.50 bits per heavy atom. The number of benzene rings is 1. The van der Waals surface area contributed by atoms with Gasteiger partial charge in [-0.1, -0.05) is 6.07 Å². The lowest BCUT2D eigenvalue weighted by atomic mass is 9.89. The number of aliphatic hydroxyl groups is 2. The summed E-state index contributed by atoms with van der Waals surface area (Å²) in [4.78, 5) is 11.0. The molecular weight excluding hydrogens is 336 g/mol. The second-order valence-corrected chi connectivity index (χ2v) is 7.76. The summed E-state index contributed by atoms with van der Waals surface area (Å²) in [6.07, 6.45) is -1.30. The quantitative estimate of drug-likeness (QED) is 0.642. The minimum absolute atomic E-state index is 0.0116. The Labute approximate surface area is 141 Å². The highest BCUT2D eigenvalue weighted by Crippen LogP contribution is 2.28. The van der Waals surface area contributed by atoms with Gasteiger partial charge in [0.25, 0.3) is 0 Å². The lowest BCUT2D eigenvalue weighted by molar-refractivity contribution is -0.126. The largest absolute Gasteiger partial charge is 0.497 e. The van der Waals surface area contributed by atoms with Crippen molar-refractivity contribution in [2.45, 2.75) is 29.9 Å². The van der Waals surface area contributed by atoms with Crippen LogP contribution in [0.3, 0.4) is 0 Å². The Balaban J connectivity index is 2.15. The van der Waals surface area contributed by atoms with Crippen LogP contribution in [-0.2, 0) is 14.8 Å². The molecule has 0 unspecified atom stereocenters. The van der Waals surface area contributed by atoms with Crippen LogP contribution < -0.4 is 10.1 Å². The van der Waals surface area contributed by atoms with E-state index in [1.807, 2.05) is 0 Å². The summed E-state index contributed by atoms with van der Waals surface area (Å²) in [6.45, 7) is 0.955. The molecule has 9 heteroatoms. The molecule has 3 N–H and O–H groups in total. The number of rotatable bonds is 5. The van der Waals surface area contributed by atoms with Crippen LogP contribution >= 0.6 is 0 Å². The zero-order chi connectivity index (χ0) is 18.0. The first kappa shape index (κ1) is 18.7. The van der Waals surface area contributed by atoms with Gasteiger partial charge < -0.3 is 20.3 Å². The summed E-state index contributed by atoms with van der Waals surface area (Å²) in [5, 5.41) is 23.1. The zero-order valence-electron chi connectivity index (χ0n) is 13.6. The van der Waals surface area contributed by atoms with Crippen LogP contribution in [0.4, 0.5) is 0 Å². The van der Waals surface area contributed by atoms with Crippen LogP contribution in [0, 0.1) is 0 Å². The van der Waals surface area contributed by atoms with E-state index in [9.17, 15) is 23.4 Å². The highest BCUT2D eigenvalue weighted by molar-refractivity contribution is 7.89. The Kier molecular flexibility index (Phi) is 5.49. The summed E-state index contributed by atoms with van der Waals surface area (Å²) in [6, 6.07) is 6.05. The van der Waals surface area contributed by atoms with Crippen LogP contribution in [0.15, 0.2) is 29.2 Å². The molecule has 1 amide bonds. The average Bonchev–Trinajstić information content (AvgIpc) is 2.55. The number of aliphatic hydroxyl groups excluding tert-OH is 1. The van der Waals surface area contributed by atoms with Crippen molar-refractivity contribution in [2.75, 3.05) is 26.7 Å². The highest BCUT2D eigenvalue weighted by Gasteiger charge is 2.44. The van der Waals surface area contributed by atoms with Crippen LogP contribution in [-0.4, -0.2) is 67.3 Å². The normalized spacial score (nSPS) is 25.2. The summed E-state index contributed by atoms with van der Waals surface area (Å²) in [5.41, 5.74) is -1.55. The number of hydrogen-bond acceptors (Lipinski definition) is 6. The Hall–Kier alpha value is -1.68. The molecule has 1 aromatic rings. The smallest absolute Gasteiger partial charge is 0.243 e. The number of methoxy groups -OCH3 is 1. The van der Waals surface area contributed by atoms with E-state index < -0.39 is 21.7 Å². The second kappa shape index (κ2) is 7.06. The molecule has 0 aromatic heterocycles. The molecule has 2 rings (SSSR count). The molecule has 1 fully saturated rings. The van der Waals surface area contributed by atoms with E-state index in [-0.39, 0.29) is 36.9 Å². The molecule has 0 bridgehead atoms. The van der Waals surface area contributed by atoms with Gasteiger partial charge in [0.15, 0.2) is 0 Å². The number of sulfonamides is 1. The van der Waals surface area contributed by atoms with E-state index in [0.29, 0.717) is 5.75 Å². The maximum absolute atomic E-state index is 12.7. The van der Waals surface area contributed by atoms with Crippen molar-refractivity contribution in [3.05, 3.63) is 24.3 Å². The van der Waals surface area contributed by atoms with Crippen LogP contribution in [0.1, 0.15) is 13.3 Å². The van der Waals surface area contributed by atoms with Crippen molar-refractivity contribution >= 4 is 15.9 Å². The first-order valence-electron chi connectivity index (χ1n) is 7.48. The molecule has 0 saturated carbocycles. The molecule has 1 aliphatic heterocycles. The van der Waals surface area contributed by atoms with Gasteiger partial charge in [0.2, 0.25) is 15.9 Å². The van der Waals surface area contributed by atoms with Crippen molar-refractivity contribution in [1.29, 1.82) is 0 Å². The van der Waals surface area contributed by atoms with Gasteiger partial charge in [-0.25, -0.2) is 8.42 Å². The third-order valence-electron chi connectivity index (χ3n) is 4.11. The predicted molar refractivity (Wildman–Crippen MR) is 86.0 cm³/mol. The van der Waals surface area contributed by atoms with Gasteiger partial charge in [-0.15, -0.1) is 0 Å². The number of nitrogens with zero attached hydrogens (tertiary/aromatic N) is 1. The SMILES string of the molecule is COc1cccc(S(=O)(=O)N2CC[C@@](O)(CNC(C)=O)[C@H](O)C2)c1. The fraction of sp³-hybridized carbons (Fsp3) is 0.533. The maximum atomic E-state index is 12.7. The maximum Gasteiger partial charge on any atom is 0.243 e. The van der Waals surface area contributed by atoms with E-state index in [1.165, 1.54) is 26.2 Å². The third kappa shape index (κ3) is 3.86. The summed E-state index contributed by atoms with van der Waals surface area (Å²) >= 11 is 0. The standard InChI is InChI=1S/C15H22N2O6S/c1-11(18)16-10-15(20)6-7-17(9-14(15)19)24(21,22)13-5-3-4-12(8-13)23-2/h3-5,8,14,19-20H,6-7,9-10H2,1-2H3,(H,16,18)/t14-,15-/m1/s1. The number of piperidine rings is 1. The number of hydrogen-bond donors (Lipinski definition) is 3. The van der Waals surface area contributed by atoms with Crippen molar-refractivity contribution in [2.24, 2.45) is 0 Å². The van der Waals surface area contributed by atoms with E-state index in [2.05, 4.69) is 5.32 Å². The lowest BCUT2D eigenvalue weighted by Gasteiger charge is -2.41. The first-order valence-corrected chi connectivity index (χ1v) is 8.92. The zero-order valence-corrected chi connectivity index (χ0v) is 14.4. The molecule has 24 heavy (non-hydrogen) atoms. The lowest BCUT2D eigenvalue weighted by Crippen LogP contribution is -2.60. The number of ether oxygens (including phenoxy) is 1. The van der Waals surface area contributed by atoms with Crippen molar-refractivity contribution < 1.29 is 28.2 Å². The minimum atomic E-state index is -3.81. The van der Waals surface area contributed by atoms with Crippen molar-refractivity contribution in [3.8, 4) is 5.75 Å². The van der Waals surface area contributed by atoms with Crippen molar-refractivity contribution in [3.63, 3.8) is 0 Å². The fourth-order valence-corrected chi connectivity index (χ4v) is 4.03. The minimum Gasteiger partial charge on any atom is -0.497 e. The highest BCUT2D eigenvalue weighted by atomic mass is 32.2. The molecule has 0 radical (unpaired) electrons. The molecule has 0 spiro atoms. The molecular formula is C15H22N2O6S. The summed E-state index contributed by atoms with van der Waals surface area (Å²) < 4.78 is 31.5. The summed E-state index contributed by atoms with van der Waals surface area (Å²) in [7, 11) is -2.37. The van der Waals surface area contributed by atoms with Gasteiger partial charge >= 0.3 is 0 Å². The van der Waals surface area contributed by atoms with Gasteiger partial charge in [0.1, 0.15) is 11.4 Å². The van der Waals surface area contributed by atoms with Crippen LogP contribution in [0.25, 0.3) is 0 Å². The third-order valence-corrected chi connectivity index (χ3v) is 5.97. The van der Waals surface area contributed by atoms with Gasteiger partial charge in [-0.2, -0.15) is 4.31 Å². The van der Waals surface area contributed by atoms with E-state index in [0.717, 1.165) is 4.31 Å². The Morgan fingerprint density at radius 2 is 2.21 bits per heavy atom.